The number of anilines is 3. The minimum absolute atomic E-state index is 0.176. The maximum absolute atomic E-state index is 12.3. The Morgan fingerprint density at radius 1 is 1.16 bits per heavy atom. The van der Waals surface area contributed by atoms with Crippen molar-refractivity contribution < 1.29 is 13.2 Å². The summed E-state index contributed by atoms with van der Waals surface area (Å²) in [4.78, 5) is 25.6. The van der Waals surface area contributed by atoms with Gasteiger partial charge in [0.1, 0.15) is 5.82 Å². The van der Waals surface area contributed by atoms with E-state index in [-0.39, 0.29) is 22.9 Å². The first-order chi connectivity index (χ1) is 15.3. The van der Waals surface area contributed by atoms with E-state index in [1.54, 1.807) is 24.4 Å². The summed E-state index contributed by atoms with van der Waals surface area (Å²) >= 11 is 0. The van der Waals surface area contributed by atoms with Gasteiger partial charge < -0.3 is 10.6 Å². The normalized spacial score (nSPS) is 14.1. The van der Waals surface area contributed by atoms with Gasteiger partial charge in [0.25, 0.3) is 0 Å². The molecule has 2 aromatic heterocycles. The molecule has 1 saturated carbocycles. The molecule has 0 atom stereocenters. The van der Waals surface area contributed by atoms with Gasteiger partial charge in [-0.05, 0) is 43.2 Å². The number of nitrogens with zero attached hydrogens (tertiary/aromatic N) is 3. The minimum Gasteiger partial charge on any atom is -0.335 e. The molecule has 3 N–H and O–H groups in total. The molecular formula is C22H22N6O3S. The van der Waals surface area contributed by atoms with Gasteiger partial charge in [0.05, 0.1) is 10.3 Å². The van der Waals surface area contributed by atoms with Crippen LogP contribution in [0, 0.1) is 12.3 Å². The van der Waals surface area contributed by atoms with Crippen molar-refractivity contribution in [3.8, 4) is 12.3 Å². The molecule has 3 aromatic rings. The number of carbonyl (C=O) groups excluding carboxylic acids is 1. The average Bonchev–Trinajstić information content (AvgIpc) is 3.25. The second-order valence-electron chi connectivity index (χ2n) is 7.63. The van der Waals surface area contributed by atoms with E-state index >= 15 is 0 Å². The quantitative estimate of drug-likeness (QED) is 0.510. The second-order valence-corrected chi connectivity index (χ2v) is 9.65. The van der Waals surface area contributed by atoms with Crippen molar-refractivity contribution in [1.82, 2.24) is 20.3 Å². The summed E-state index contributed by atoms with van der Waals surface area (Å²) in [6, 6.07) is 7.69. The van der Waals surface area contributed by atoms with Crippen molar-refractivity contribution in [2.45, 2.75) is 36.6 Å². The van der Waals surface area contributed by atoms with Crippen molar-refractivity contribution in [3.63, 3.8) is 0 Å². The van der Waals surface area contributed by atoms with Crippen LogP contribution in [-0.4, -0.2) is 41.7 Å². The van der Waals surface area contributed by atoms with Gasteiger partial charge in [0.2, 0.25) is 5.95 Å². The third kappa shape index (κ3) is 4.95. The van der Waals surface area contributed by atoms with Gasteiger partial charge in [-0.3, -0.25) is 5.32 Å². The Balaban J connectivity index is 1.56. The number of terminal acetylenes is 1. The van der Waals surface area contributed by atoms with Gasteiger partial charge in [-0.2, -0.15) is 4.98 Å². The van der Waals surface area contributed by atoms with Crippen molar-refractivity contribution in [3.05, 3.63) is 42.1 Å². The molecule has 32 heavy (non-hydrogen) atoms. The highest BCUT2D eigenvalue weighted by atomic mass is 32.2. The summed E-state index contributed by atoms with van der Waals surface area (Å²) < 4.78 is 23.2. The second kappa shape index (κ2) is 8.80. The van der Waals surface area contributed by atoms with Crippen LogP contribution in [0.15, 0.2) is 41.4 Å². The van der Waals surface area contributed by atoms with Crippen LogP contribution in [0.4, 0.5) is 22.2 Å². The average molecular weight is 451 g/mol. The fourth-order valence-electron chi connectivity index (χ4n) is 3.58. The number of hydrogen-bond acceptors (Lipinski definition) is 7. The van der Waals surface area contributed by atoms with E-state index in [0.717, 1.165) is 31.9 Å². The lowest BCUT2D eigenvalue weighted by Gasteiger charge is -2.13. The molecule has 1 fully saturated rings. The number of fused-ring (bicyclic) bond motifs is 1. The number of amides is 2. The van der Waals surface area contributed by atoms with Crippen LogP contribution >= 0.6 is 0 Å². The summed E-state index contributed by atoms with van der Waals surface area (Å²) in [5, 5.41) is 9.26. The zero-order chi connectivity index (χ0) is 22.7. The molecule has 1 aliphatic carbocycles. The molecule has 1 aromatic carbocycles. The van der Waals surface area contributed by atoms with Crippen molar-refractivity contribution >= 4 is 44.4 Å². The van der Waals surface area contributed by atoms with E-state index in [9.17, 15) is 13.2 Å². The molecule has 0 saturated heterocycles. The first kappa shape index (κ1) is 21.5. The van der Waals surface area contributed by atoms with Crippen LogP contribution in [0.5, 0.6) is 0 Å². The van der Waals surface area contributed by atoms with E-state index in [1.807, 2.05) is 0 Å². The SMILES string of the molecule is C#Cc1cc(NC(=O)NC2CCCC2)nc2nc(Nc3ccc(S(C)(=O)=O)cc3)ncc12. The highest BCUT2D eigenvalue weighted by Gasteiger charge is 2.18. The van der Waals surface area contributed by atoms with Gasteiger partial charge in [0.15, 0.2) is 15.5 Å². The number of nitrogens with one attached hydrogen (secondary N) is 3. The Morgan fingerprint density at radius 3 is 2.53 bits per heavy atom. The highest BCUT2D eigenvalue weighted by Crippen LogP contribution is 2.22. The van der Waals surface area contributed by atoms with Crippen molar-refractivity contribution in [2.75, 3.05) is 16.9 Å². The minimum atomic E-state index is -3.28. The number of benzene rings is 1. The van der Waals surface area contributed by atoms with Crippen molar-refractivity contribution in [2.24, 2.45) is 0 Å². The maximum atomic E-state index is 12.3. The molecule has 4 rings (SSSR count). The third-order valence-electron chi connectivity index (χ3n) is 5.19. The summed E-state index contributed by atoms with van der Waals surface area (Å²) in [7, 11) is -3.28. The molecule has 0 aliphatic heterocycles. The summed E-state index contributed by atoms with van der Waals surface area (Å²) in [6.07, 6.45) is 12.5. The van der Waals surface area contributed by atoms with Crippen LogP contribution in [-0.2, 0) is 9.84 Å². The number of aromatic nitrogens is 3. The van der Waals surface area contributed by atoms with E-state index in [0.29, 0.717) is 28.1 Å². The zero-order valence-electron chi connectivity index (χ0n) is 17.4. The predicted octanol–water partition coefficient (Wildman–Crippen LogP) is 3.22. The van der Waals surface area contributed by atoms with E-state index < -0.39 is 9.84 Å². The summed E-state index contributed by atoms with van der Waals surface area (Å²) in [5.41, 5.74) is 1.44. The van der Waals surface area contributed by atoms with Crippen molar-refractivity contribution in [1.29, 1.82) is 0 Å². The molecule has 0 unspecified atom stereocenters. The smallest absolute Gasteiger partial charge is 0.320 e. The van der Waals surface area contributed by atoms with Crippen LogP contribution in [0.3, 0.4) is 0 Å². The van der Waals surface area contributed by atoms with E-state index in [1.165, 1.54) is 12.1 Å². The van der Waals surface area contributed by atoms with E-state index in [2.05, 4.69) is 36.8 Å². The molecule has 0 bridgehead atoms. The number of hydrogen-bond donors (Lipinski definition) is 3. The lowest BCUT2D eigenvalue weighted by Crippen LogP contribution is -2.36. The van der Waals surface area contributed by atoms with Crippen LogP contribution < -0.4 is 16.0 Å². The first-order valence-electron chi connectivity index (χ1n) is 10.1. The summed E-state index contributed by atoms with van der Waals surface area (Å²) in [5.74, 6) is 3.13. The monoisotopic (exact) mass is 450 g/mol. The zero-order valence-corrected chi connectivity index (χ0v) is 18.2. The molecule has 164 valence electrons. The van der Waals surface area contributed by atoms with Gasteiger partial charge in [-0.15, -0.1) is 6.42 Å². The lowest BCUT2D eigenvalue weighted by atomic mass is 10.2. The Labute approximate surface area is 186 Å². The van der Waals surface area contributed by atoms with Gasteiger partial charge >= 0.3 is 6.03 Å². The van der Waals surface area contributed by atoms with Crippen LogP contribution in [0.2, 0.25) is 0 Å². The number of sulfone groups is 1. The lowest BCUT2D eigenvalue weighted by molar-refractivity contribution is 0.248. The molecule has 10 heteroatoms. The predicted molar refractivity (Wildman–Crippen MR) is 123 cm³/mol. The van der Waals surface area contributed by atoms with Gasteiger partial charge in [-0.25, -0.2) is 23.2 Å². The molecular weight excluding hydrogens is 428 g/mol. The molecule has 1 aliphatic rings. The Morgan fingerprint density at radius 2 is 1.88 bits per heavy atom. The largest absolute Gasteiger partial charge is 0.335 e. The van der Waals surface area contributed by atoms with Gasteiger partial charge in [0, 0.05) is 29.7 Å². The van der Waals surface area contributed by atoms with Gasteiger partial charge in [-0.1, -0.05) is 18.8 Å². The highest BCUT2D eigenvalue weighted by molar-refractivity contribution is 7.90. The molecule has 0 radical (unpaired) electrons. The third-order valence-corrected chi connectivity index (χ3v) is 6.32. The topological polar surface area (TPSA) is 126 Å². The number of pyridine rings is 1. The molecule has 2 heterocycles. The Bertz CT molecular complexity index is 1310. The molecule has 2 amide bonds. The fraction of sp³-hybridized carbons (Fsp3) is 0.273. The molecule has 0 spiro atoms. The number of carbonyl (C=O) groups is 1. The number of rotatable bonds is 5. The van der Waals surface area contributed by atoms with E-state index in [4.69, 9.17) is 6.42 Å². The summed E-state index contributed by atoms with van der Waals surface area (Å²) in [6.45, 7) is 0. The Hall–Kier alpha value is -3.71. The standard InChI is InChI=1S/C22H22N6O3S/c1-3-14-12-19(27-22(29)25-15-6-4-5-7-15)26-20-18(14)13-23-21(28-20)24-16-8-10-17(11-9-16)32(2,30)31/h1,8-13,15H,4-7H2,2H3,(H3,23,24,25,26,27,28,29). The molecule has 9 nitrogen and oxygen atoms in total. The first-order valence-corrected chi connectivity index (χ1v) is 12.0. The maximum Gasteiger partial charge on any atom is 0.320 e. The Kier molecular flexibility index (Phi) is 5.92. The fourth-order valence-corrected chi connectivity index (χ4v) is 4.21. The van der Waals surface area contributed by atoms with Crippen LogP contribution in [0.1, 0.15) is 31.2 Å². The number of urea groups is 1. The van der Waals surface area contributed by atoms with Crippen LogP contribution in [0.25, 0.3) is 11.0 Å².